The van der Waals surface area contributed by atoms with Gasteiger partial charge in [-0.15, -0.1) is 4.91 Å². The molecule has 4 heteroatoms. The van der Waals surface area contributed by atoms with E-state index in [4.69, 9.17) is 0 Å². The molecule has 21 heavy (non-hydrogen) atoms. The quantitative estimate of drug-likeness (QED) is 0.637. The van der Waals surface area contributed by atoms with Crippen LogP contribution in [0.5, 0.6) is 0 Å². The number of aromatic nitrogens is 2. The van der Waals surface area contributed by atoms with Gasteiger partial charge in [-0.25, -0.2) is 4.98 Å². The third-order valence-electron chi connectivity index (χ3n) is 3.96. The highest BCUT2D eigenvalue weighted by Gasteiger charge is 2.14. The molecule has 0 amide bonds. The van der Waals surface area contributed by atoms with E-state index in [1.54, 1.807) is 10.6 Å². The van der Waals surface area contributed by atoms with Gasteiger partial charge in [-0.3, -0.25) is 4.40 Å². The molecule has 2 heterocycles. The number of nitroso groups, excluding NO2 is 1. The van der Waals surface area contributed by atoms with Gasteiger partial charge in [0.1, 0.15) is 11.3 Å². The average molecular weight is 279 g/mol. The fraction of sp³-hybridized carbons (Fsp3) is 0.235. The average Bonchev–Trinajstić information content (AvgIpc) is 2.92. The van der Waals surface area contributed by atoms with Crippen molar-refractivity contribution in [3.8, 4) is 11.3 Å². The van der Waals surface area contributed by atoms with Crippen LogP contribution in [-0.4, -0.2) is 9.38 Å². The summed E-state index contributed by atoms with van der Waals surface area (Å²) in [4.78, 5) is 15.7. The van der Waals surface area contributed by atoms with E-state index in [2.05, 4.69) is 36.1 Å². The first kappa shape index (κ1) is 13.5. The minimum atomic E-state index is 0.349. The maximum Gasteiger partial charge on any atom is 0.209 e. The molecule has 2 aromatic heterocycles. The number of imidazole rings is 1. The monoisotopic (exact) mass is 279 g/mol. The second-order valence-corrected chi connectivity index (χ2v) is 5.24. The summed E-state index contributed by atoms with van der Waals surface area (Å²) in [6.45, 7) is 4.38. The normalized spacial score (nSPS) is 12.5. The summed E-state index contributed by atoms with van der Waals surface area (Å²) < 4.78 is 1.71. The molecule has 1 atom stereocenters. The van der Waals surface area contributed by atoms with Gasteiger partial charge in [-0.05, 0) is 35.2 Å². The highest BCUT2D eigenvalue weighted by molar-refractivity contribution is 5.74. The molecular formula is C17H17N3O. The van der Waals surface area contributed by atoms with Gasteiger partial charge in [0, 0.05) is 11.8 Å². The number of hydrogen-bond acceptors (Lipinski definition) is 3. The van der Waals surface area contributed by atoms with Crippen molar-refractivity contribution >= 4 is 11.5 Å². The minimum Gasteiger partial charge on any atom is -0.281 e. The Hall–Kier alpha value is -2.49. The first-order valence-corrected chi connectivity index (χ1v) is 7.15. The Balaban J connectivity index is 2.09. The lowest BCUT2D eigenvalue weighted by atomic mass is 9.97. The predicted molar refractivity (Wildman–Crippen MR) is 84.8 cm³/mol. The van der Waals surface area contributed by atoms with E-state index >= 15 is 0 Å². The second-order valence-electron chi connectivity index (χ2n) is 5.24. The van der Waals surface area contributed by atoms with Gasteiger partial charge in [0.15, 0.2) is 0 Å². The standard InChI is InChI=1S/C17H17N3O/c1-3-12(2)13-7-9-14(10-8-13)16-17(19-21)20-11-5-4-6-15(20)18-16/h4-12H,3H2,1-2H3. The zero-order valence-electron chi connectivity index (χ0n) is 12.2. The first-order valence-electron chi connectivity index (χ1n) is 7.15. The van der Waals surface area contributed by atoms with Gasteiger partial charge in [0.25, 0.3) is 0 Å². The number of rotatable bonds is 4. The lowest BCUT2D eigenvalue weighted by Gasteiger charge is -2.09. The Kier molecular flexibility index (Phi) is 3.52. The van der Waals surface area contributed by atoms with E-state index < -0.39 is 0 Å². The molecule has 0 saturated heterocycles. The van der Waals surface area contributed by atoms with Crippen LogP contribution in [0, 0.1) is 4.91 Å². The molecule has 106 valence electrons. The van der Waals surface area contributed by atoms with E-state index in [0.29, 0.717) is 17.4 Å². The molecule has 0 fully saturated rings. The Labute approximate surface area is 123 Å². The third kappa shape index (κ3) is 2.33. The van der Waals surface area contributed by atoms with Crippen LogP contribution in [0.15, 0.2) is 53.8 Å². The molecule has 3 aromatic rings. The maximum absolute atomic E-state index is 11.2. The van der Waals surface area contributed by atoms with Gasteiger partial charge in [-0.1, -0.05) is 44.2 Å². The summed E-state index contributed by atoms with van der Waals surface area (Å²) in [5, 5.41) is 3.16. The van der Waals surface area contributed by atoms with E-state index in [0.717, 1.165) is 17.6 Å². The molecule has 0 aliphatic carbocycles. The van der Waals surface area contributed by atoms with Crippen molar-refractivity contribution in [3.05, 3.63) is 59.1 Å². The Morgan fingerprint density at radius 3 is 2.62 bits per heavy atom. The van der Waals surface area contributed by atoms with E-state index in [9.17, 15) is 4.91 Å². The third-order valence-corrected chi connectivity index (χ3v) is 3.96. The van der Waals surface area contributed by atoms with Crippen molar-refractivity contribution in [2.45, 2.75) is 26.2 Å². The zero-order chi connectivity index (χ0) is 14.8. The van der Waals surface area contributed by atoms with Crippen LogP contribution in [0.3, 0.4) is 0 Å². The SMILES string of the molecule is CCC(C)c1ccc(-c2nc3ccccn3c2N=O)cc1. The van der Waals surface area contributed by atoms with E-state index in [-0.39, 0.29) is 0 Å². The van der Waals surface area contributed by atoms with Crippen LogP contribution in [-0.2, 0) is 0 Å². The molecular weight excluding hydrogens is 262 g/mol. The molecule has 3 rings (SSSR count). The highest BCUT2D eigenvalue weighted by Crippen LogP contribution is 2.31. The molecule has 0 spiro atoms. The second kappa shape index (κ2) is 5.48. The van der Waals surface area contributed by atoms with E-state index in [1.165, 1.54) is 5.56 Å². The van der Waals surface area contributed by atoms with Gasteiger partial charge in [0.05, 0.1) is 0 Å². The first-order chi connectivity index (χ1) is 10.2. The summed E-state index contributed by atoms with van der Waals surface area (Å²) in [6, 6.07) is 13.8. The van der Waals surface area contributed by atoms with E-state index in [1.807, 2.05) is 30.3 Å². The van der Waals surface area contributed by atoms with Crippen molar-refractivity contribution in [2.24, 2.45) is 5.18 Å². The molecule has 1 unspecified atom stereocenters. The van der Waals surface area contributed by atoms with Crippen LogP contribution in [0.2, 0.25) is 0 Å². The van der Waals surface area contributed by atoms with Crippen molar-refractivity contribution in [1.29, 1.82) is 0 Å². The number of hydrogen-bond donors (Lipinski definition) is 0. The van der Waals surface area contributed by atoms with Gasteiger partial charge in [-0.2, -0.15) is 0 Å². The summed E-state index contributed by atoms with van der Waals surface area (Å²) in [5.74, 6) is 0.880. The van der Waals surface area contributed by atoms with Crippen LogP contribution < -0.4 is 0 Å². The van der Waals surface area contributed by atoms with Gasteiger partial charge >= 0.3 is 0 Å². The molecule has 4 nitrogen and oxygen atoms in total. The van der Waals surface area contributed by atoms with Gasteiger partial charge in [0.2, 0.25) is 5.82 Å². The van der Waals surface area contributed by atoms with Crippen LogP contribution in [0.4, 0.5) is 5.82 Å². The van der Waals surface area contributed by atoms with Crippen LogP contribution in [0.1, 0.15) is 31.7 Å². The fourth-order valence-electron chi connectivity index (χ4n) is 2.47. The van der Waals surface area contributed by atoms with Crippen molar-refractivity contribution in [1.82, 2.24) is 9.38 Å². The highest BCUT2D eigenvalue weighted by atomic mass is 16.3. The van der Waals surface area contributed by atoms with Crippen LogP contribution in [0.25, 0.3) is 16.9 Å². The lowest BCUT2D eigenvalue weighted by Crippen LogP contribution is -1.90. The molecule has 0 aliphatic rings. The van der Waals surface area contributed by atoms with Crippen molar-refractivity contribution in [2.75, 3.05) is 0 Å². The molecule has 0 aliphatic heterocycles. The lowest BCUT2D eigenvalue weighted by molar-refractivity contribution is 0.734. The molecule has 0 N–H and O–H groups in total. The summed E-state index contributed by atoms with van der Waals surface area (Å²) in [7, 11) is 0. The number of fused-ring (bicyclic) bond motifs is 1. The smallest absolute Gasteiger partial charge is 0.209 e. The molecule has 0 bridgehead atoms. The zero-order valence-corrected chi connectivity index (χ0v) is 12.2. The Morgan fingerprint density at radius 1 is 1.19 bits per heavy atom. The van der Waals surface area contributed by atoms with Crippen LogP contribution >= 0.6 is 0 Å². The summed E-state index contributed by atoms with van der Waals surface area (Å²) in [5.41, 5.74) is 3.57. The number of benzene rings is 1. The predicted octanol–water partition coefficient (Wildman–Crippen LogP) is 4.91. The fourth-order valence-corrected chi connectivity index (χ4v) is 2.47. The summed E-state index contributed by atoms with van der Waals surface area (Å²) in [6.07, 6.45) is 2.91. The number of pyridine rings is 1. The molecule has 0 radical (unpaired) electrons. The Bertz CT molecular complexity index is 774. The Morgan fingerprint density at radius 2 is 1.95 bits per heavy atom. The number of nitrogens with zero attached hydrogens (tertiary/aromatic N) is 3. The van der Waals surface area contributed by atoms with Gasteiger partial charge < -0.3 is 0 Å². The largest absolute Gasteiger partial charge is 0.281 e. The summed E-state index contributed by atoms with van der Waals surface area (Å²) >= 11 is 0. The molecule has 0 saturated carbocycles. The minimum absolute atomic E-state index is 0.349. The topological polar surface area (TPSA) is 46.7 Å². The molecule has 1 aromatic carbocycles. The maximum atomic E-state index is 11.2. The van der Waals surface area contributed by atoms with Crippen molar-refractivity contribution < 1.29 is 0 Å². The van der Waals surface area contributed by atoms with Crippen molar-refractivity contribution in [3.63, 3.8) is 0 Å².